The summed E-state index contributed by atoms with van der Waals surface area (Å²) in [7, 11) is 0. The number of aromatic nitrogens is 3. The van der Waals surface area contributed by atoms with E-state index in [-0.39, 0.29) is 6.04 Å². The first-order valence-electron chi connectivity index (χ1n) is 12.8. The SMILES string of the molecule is Clc1cccc(CNc2nc(NC3Cc4ccccc4C3)nc(N3CCN(c4ccccc4)CC3)n2)c1. The van der Waals surface area contributed by atoms with Crippen LogP contribution in [0.25, 0.3) is 0 Å². The molecule has 1 aromatic heterocycles. The lowest BCUT2D eigenvalue weighted by atomic mass is 10.1. The minimum Gasteiger partial charge on any atom is -0.368 e. The Labute approximate surface area is 222 Å². The quantitative estimate of drug-likeness (QED) is 0.360. The average Bonchev–Trinajstić information content (AvgIpc) is 3.35. The molecule has 1 fully saturated rings. The fourth-order valence-corrected chi connectivity index (χ4v) is 5.34. The second-order valence-corrected chi connectivity index (χ2v) is 10.0. The summed E-state index contributed by atoms with van der Waals surface area (Å²) in [4.78, 5) is 19.1. The maximum Gasteiger partial charge on any atom is 0.232 e. The molecule has 0 atom stereocenters. The molecule has 1 aliphatic carbocycles. The number of piperazine rings is 1. The average molecular weight is 512 g/mol. The summed E-state index contributed by atoms with van der Waals surface area (Å²) in [6.45, 7) is 4.12. The maximum absolute atomic E-state index is 6.18. The highest BCUT2D eigenvalue weighted by molar-refractivity contribution is 6.30. The Morgan fingerprint density at radius 2 is 1.41 bits per heavy atom. The van der Waals surface area contributed by atoms with Crippen LogP contribution in [0.5, 0.6) is 0 Å². The second kappa shape index (κ2) is 10.6. The minimum atomic E-state index is 0.267. The fraction of sp³-hybridized carbons (Fsp3) is 0.276. The molecule has 3 aromatic carbocycles. The molecule has 188 valence electrons. The summed E-state index contributed by atoms with van der Waals surface area (Å²) in [5, 5.41) is 7.69. The van der Waals surface area contributed by atoms with E-state index < -0.39 is 0 Å². The lowest BCUT2D eigenvalue weighted by Crippen LogP contribution is -2.47. The van der Waals surface area contributed by atoms with Crippen molar-refractivity contribution in [1.29, 1.82) is 0 Å². The van der Waals surface area contributed by atoms with Crippen molar-refractivity contribution < 1.29 is 0 Å². The van der Waals surface area contributed by atoms with Crippen LogP contribution in [0.2, 0.25) is 5.02 Å². The van der Waals surface area contributed by atoms with E-state index >= 15 is 0 Å². The highest BCUT2D eigenvalue weighted by Gasteiger charge is 2.24. The Morgan fingerprint density at radius 1 is 0.730 bits per heavy atom. The van der Waals surface area contributed by atoms with Gasteiger partial charge >= 0.3 is 0 Å². The van der Waals surface area contributed by atoms with Crippen LogP contribution in [0.3, 0.4) is 0 Å². The van der Waals surface area contributed by atoms with Crippen LogP contribution < -0.4 is 20.4 Å². The highest BCUT2D eigenvalue weighted by atomic mass is 35.5. The first-order chi connectivity index (χ1) is 18.2. The zero-order valence-electron chi connectivity index (χ0n) is 20.6. The normalized spacial score (nSPS) is 15.5. The Hall–Kier alpha value is -3.84. The molecule has 4 aromatic rings. The van der Waals surface area contributed by atoms with Crippen LogP contribution >= 0.6 is 11.6 Å². The van der Waals surface area contributed by atoms with Crippen LogP contribution in [0.1, 0.15) is 16.7 Å². The van der Waals surface area contributed by atoms with Crippen LogP contribution in [-0.2, 0) is 19.4 Å². The van der Waals surface area contributed by atoms with Crippen LogP contribution in [0.15, 0.2) is 78.9 Å². The molecule has 2 heterocycles. The van der Waals surface area contributed by atoms with Gasteiger partial charge in [-0.15, -0.1) is 0 Å². The lowest BCUT2D eigenvalue weighted by molar-refractivity contribution is 0.638. The number of hydrogen-bond acceptors (Lipinski definition) is 7. The molecule has 8 heteroatoms. The summed E-state index contributed by atoms with van der Waals surface area (Å²) in [5.41, 5.74) is 5.12. The molecule has 1 aliphatic heterocycles. The molecule has 2 N–H and O–H groups in total. The van der Waals surface area contributed by atoms with Gasteiger partial charge in [0.05, 0.1) is 0 Å². The molecule has 0 saturated carbocycles. The summed E-state index contributed by atoms with van der Waals surface area (Å²) in [6, 6.07) is 27.3. The maximum atomic E-state index is 6.18. The van der Waals surface area contributed by atoms with Gasteiger partial charge in [0, 0.05) is 49.5 Å². The van der Waals surface area contributed by atoms with E-state index in [0.29, 0.717) is 24.4 Å². The van der Waals surface area contributed by atoms with E-state index in [4.69, 9.17) is 26.6 Å². The van der Waals surface area contributed by atoms with Gasteiger partial charge in [0.15, 0.2) is 0 Å². The van der Waals surface area contributed by atoms with Crippen LogP contribution in [-0.4, -0.2) is 47.2 Å². The Kier molecular flexibility index (Phi) is 6.78. The van der Waals surface area contributed by atoms with Crippen molar-refractivity contribution in [3.63, 3.8) is 0 Å². The third-order valence-electron chi connectivity index (χ3n) is 7.03. The zero-order chi connectivity index (χ0) is 25.0. The van der Waals surface area contributed by atoms with Crippen molar-refractivity contribution in [1.82, 2.24) is 15.0 Å². The van der Waals surface area contributed by atoms with E-state index in [1.54, 1.807) is 0 Å². The molecule has 0 spiro atoms. The van der Waals surface area contributed by atoms with E-state index in [2.05, 4.69) is 75.0 Å². The lowest BCUT2D eigenvalue weighted by Gasteiger charge is -2.36. The largest absolute Gasteiger partial charge is 0.368 e. The molecule has 0 unspecified atom stereocenters. The monoisotopic (exact) mass is 511 g/mol. The number of fused-ring (bicyclic) bond motifs is 1. The standard InChI is InChI=1S/C29H30ClN7/c30-24-10-6-7-21(17-24)20-31-27-33-28(32-25-18-22-8-4-5-9-23(22)19-25)35-29(34-27)37-15-13-36(14-16-37)26-11-2-1-3-12-26/h1-12,17,25H,13-16,18-20H2,(H2,31,32,33,34,35). The molecule has 0 amide bonds. The van der Waals surface area contributed by atoms with E-state index in [9.17, 15) is 0 Å². The predicted molar refractivity (Wildman–Crippen MR) is 151 cm³/mol. The van der Waals surface area contributed by atoms with E-state index in [0.717, 1.165) is 49.6 Å². The van der Waals surface area contributed by atoms with Crippen LogP contribution in [0.4, 0.5) is 23.5 Å². The molecule has 0 bridgehead atoms. The second-order valence-electron chi connectivity index (χ2n) is 9.59. The Bertz CT molecular complexity index is 1330. The number of rotatable bonds is 7. The topological polar surface area (TPSA) is 69.2 Å². The number of benzene rings is 3. The first-order valence-corrected chi connectivity index (χ1v) is 13.2. The first kappa shape index (κ1) is 23.6. The van der Waals surface area contributed by atoms with Crippen molar-refractivity contribution in [2.24, 2.45) is 0 Å². The number of halogens is 1. The molecule has 37 heavy (non-hydrogen) atoms. The number of para-hydroxylation sites is 1. The minimum absolute atomic E-state index is 0.267. The van der Waals surface area contributed by atoms with Crippen molar-refractivity contribution in [2.45, 2.75) is 25.4 Å². The van der Waals surface area contributed by atoms with Gasteiger partial charge in [-0.2, -0.15) is 15.0 Å². The summed E-state index contributed by atoms with van der Waals surface area (Å²) < 4.78 is 0. The third-order valence-corrected chi connectivity index (χ3v) is 7.27. The molecule has 7 nitrogen and oxygen atoms in total. The van der Waals surface area contributed by atoms with Crippen LogP contribution in [0, 0.1) is 0 Å². The molecule has 0 radical (unpaired) electrons. The molecule has 1 saturated heterocycles. The molecular weight excluding hydrogens is 482 g/mol. The van der Waals surface area contributed by atoms with Crippen molar-refractivity contribution in [3.8, 4) is 0 Å². The van der Waals surface area contributed by atoms with Gasteiger partial charge in [-0.1, -0.05) is 66.2 Å². The van der Waals surface area contributed by atoms with Gasteiger partial charge in [0.1, 0.15) is 0 Å². The van der Waals surface area contributed by atoms with Gasteiger partial charge in [0.2, 0.25) is 17.8 Å². The summed E-state index contributed by atoms with van der Waals surface area (Å²) in [6.07, 6.45) is 1.94. The van der Waals surface area contributed by atoms with Gasteiger partial charge in [-0.25, -0.2) is 0 Å². The Morgan fingerprint density at radius 3 is 2.14 bits per heavy atom. The Balaban J connectivity index is 1.20. The highest BCUT2D eigenvalue weighted by Crippen LogP contribution is 2.25. The van der Waals surface area contributed by atoms with Gasteiger partial charge in [-0.3, -0.25) is 0 Å². The van der Waals surface area contributed by atoms with E-state index in [1.807, 2.05) is 24.3 Å². The summed E-state index contributed by atoms with van der Waals surface area (Å²) >= 11 is 6.18. The number of hydrogen-bond donors (Lipinski definition) is 2. The molecular formula is C29H30ClN7. The number of nitrogens with zero attached hydrogens (tertiary/aromatic N) is 5. The van der Waals surface area contributed by atoms with Crippen molar-refractivity contribution in [2.75, 3.05) is 46.6 Å². The predicted octanol–water partition coefficient (Wildman–Crippen LogP) is 5.04. The zero-order valence-corrected chi connectivity index (χ0v) is 21.4. The van der Waals surface area contributed by atoms with Crippen molar-refractivity contribution >= 4 is 35.1 Å². The number of nitrogens with one attached hydrogen (secondary N) is 2. The smallest absolute Gasteiger partial charge is 0.232 e. The fourth-order valence-electron chi connectivity index (χ4n) is 5.12. The molecule has 6 rings (SSSR count). The molecule has 2 aliphatic rings. The number of anilines is 4. The van der Waals surface area contributed by atoms with E-state index in [1.165, 1.54) is 16.8 Å². The van der Waals surface area contributed by atoms with Crippen molar-refractivity contribution in [3.05, 3.63) is 101 Å². The third kappa shape index (κ3) is 5.62. The summed E-state index contributed by atoms with van der Waals surface area (Å²) in [5.74, 6) is 1.88. The van der Waals surface area contributed by atoms with Gasteiger partial charge in [-0.05, 0) is 53.8 Å². The van der Waals surface area contributed by atoms with Gasteiger partial charge < -0.3 is 20.4 Å². The van der Waals surface area contributed by atoms with Gasteiger partial charge in [0.25, 0.3) is 0 Å².